The van der Waals surface area contributed by atoms with Crippen LogP contribution in [0.2, 0.25) is 0 Å². The number of rotatable bonds is 8. The van der Waals surface area contributed by atoms with Gasteiger partial charge in [0, 0.05) is 50.5 Å². The maximum Gasteiger partial charge on any atom is 0.416 e. The lowest BCUT2D eigenvalue weighted by Gasteiger charge is -2.40. The van der Waals surface area contributed by atoms with E-state index in [4.69, 9.17) is 4.74 Å². The van der Waals surface area contributed by atoms with Crippen LogP contribution in [0.25, 0.3) is 0 Å². The van der Waals surface area contributed by atoms with Crippen LogP contribution in [0, 0.1) is 5.82 Å². The van der Waals surface area contributed by atoms with Gasteiger partial charge in [-0.05, 0) is 42.8 Å². The van der Waals surface area contributed by atoms with Gasteiger partial charge < -0.3 is 15.0 Å². The number of alkyl halides is 3. The smallest absolute Gasteiger partial charge is 0.416 e. The van der Waals surface area contributed by atoms with Crippen molar-refractivity contribution < 1.29 is 36.7 Å². The van der Waals surface area contributed by atoms with Crippen LogP contribution in [-0.4, -0.2) is 78.5 Å². The molecule has 0 saturated carbocycles. The van der Waals surface area contributed by atoms with Crippen molar-refractivity contribution in [1.82, 2.24) is 20.0 Å². The minimum absolute atomic E-state index is 0.0472. The first kappa shape index (κ1) is 29.8. The summed E-state index contributed by atoms with van der Waals surface area (Å²) >= 11 is 0. The van der Waals surface area contributed by atoms with Gasteiger partial charge >= 0.3 is 18.2 Å². The highest BCUT2D eigenvalue weighted by atomic mass is 19.4. The molecule has 1 fully saturated rings. The number of nitrogens with zero attached hydrogens (tertiary/aromatic N) is 3. The monoisotopic (exact) mass is 574 g/mol. The minimum atomic E-state index is -4.54. The van der Waals surface area contributed by atoms with Crippen molar-refractivity contribution in [2.75, 3.05) is 45.9 Å². The predicted octanol–water partition coefficient (Wildman–Crippen LogP) is 4.37. The van der Waals surface area contributed by atoms with Gasteiger partial charge in [0.15, 0.2) is 0 Å². The molecule has 8 nitrogen and oxygen atoms in total. The van der Waals surface area contributed by atoms with Gasteiger partial charge in [0.1, 0.15) is 5.82 Å². The number of halogens is 4. The number of piperazine rings is 1. The molecule has 1 atom stereocenters. The van der Waals surface area contributed by atoms with E-state index in [9.17, 15) is 31.9 Å². The molecule has 3 amide bonds. The fraction of sp³-hybridized carbons (Fsp3) is 0.345. The number of hydrogen-bond acceptors (Lipinski definition) is 5. The van der Waals surface area contributed by atoms with Gasteiger partial charge in [0.05, 0.1) is 23.8 Å². The normalized spacial score (nSPS) is 18.3. The molecule has 1 unspecified atom stereocenters. The van der Waals surface area contributed by atoms with Crippen molar-refractivity contribution in [3.8, 4) is 0 Å². The third kappa shape index (κ3) is 6.76. The summed E-state index contributed by atoms with van der Waals surface area (Å²) in [6.07, 6.45) is -3.05. The molecule has 2 aromatic rings. The van der Waals surface area contributed by atoms with E-state index in [1.807, 2.05) is 4.90 Å². The van der Waals surface area contributed by atoms with Crippen molar-refractivity contribution >= 4 is 17.9 Å². The zero-order valence-corrected chi connectivity index (χ0v) is 22.4. The molecule has 4 rings (SSSR count). The molecule has 12 heteroatoms. The number of esters is 1. The van der Waals surface area contributed by atoms with Gasteiger partial charge in [-0.2, -0.15) is 13.2 Å². The summed E-state index contributed by atoms with van der Waals surface area (Å²) in [5.74, 6) is -1.52. The zero-order chi connectivity index (χ0) is 29.7. The van der Waals surface area contributed by atoms with Gasteiger partial charge in [-0.15, -0.1) is 6.58 Å². The quantitative estimate of drug-likeness (QED) is 0.288. The average Bonchev–Trinajstić information content (AvgIpc) is 2.94. The zero-order valence-electron chi connectivity index (χ0n) is 22.4. The molecule has 0 bridgehead atoms. The largest absolute Gasteiger partial charge is 0.463 e. The van der Waals surface area contributed by atoms with E-state index in [1.54, 1.807) is 17.9 Å². The van der Waals surface area contributed by atoms with Gasteiger partial charge in [0.2, 0.25) is 0 Å². The number of amides is 3. The number of nitrogens with one attached hydrogen (secondary N) is 1. The fourth-order valence-corrected chi connectivity index (χ4v) is 4.88. The van der Waals surface area contributed by atoms with Crippen molar-refractivity contribution in [2.24, 2.45) is 0 Å². The van der Waals surface area contributed by atoms with Crippen LogP contribution in [0.1, 0.15) is 34.5 Å². The van der Waals surface area contributed by atoms with E-state index in [-0.39, 0.29) is 42.3 Å². The maximum atomic E-state index is 13.6. The van der Waals surface area contributed by atoms with Crippen LogP contribution in [0.3, 0.4) is 0 Å². The Morgan fingerprint density at radius 3 is 2.37 bits per heavy atom. The van der Waals surface area contributed by atoms with Crippen LogP contribution in [-0.2, 0) is 15.7 Å². The summed E-state index contributed by atoms with van der Waals surface area (Å²) in [6.45, 7) is 7.03. The number of ether oxygens (including phenoxy) is 1. The van der Waals surface area contributed by atoms with Crippen LogP contribution in [0.4, 0.5) is 22.4 Å². The lowest BCUT2D eigenvalue weighted by atomic mass is 9.93. The molecular formula is C29H30F4N4O4. The van der Waals surface area contributed by atoms with Crippen molar-refractivity contribution in [3.05, 3.63) is 95.0 Å². The number of benzene rings is 2. The molecular weight excluding hydrogens is 544 g/mol. The summed E-state index contributed by atoms with van der Waals surface area (Å²) in [4.78, 5) is 44.2. The summed E-state index contributed by atoms with van der Waals surface area (Å²) < 4.78 is 58.4. The molecule has 2 heterocycles. The molecule has 2 aliphatic heterocycles. The first-order valence-electron chi connectivity index (χ1n) is 13.1. The molecule has 0 aromatic heterocycles. The SMILES string of the molecule is C=CCN1C(=O)NC(c2ccc(C(F)(F)F)cc2)C(C(=O)OCC)=C1CN1CCN(C(=O)c2cccc(F)c2)CC1. The standard InChI is InChI=1S/C29H30F4N4O4/c1-3-12-37-23(18-35-13-15-36(16-14-35)26(38)20-6-5-7-22(30)17-20)24(27(39)41-4-2)25(34-28(37)40)19-8-10-21(11-9-19)29(31,32)33/h3,5-11,17,25H,1,4,12-16,18H2,2H3,(H,34,40). The molecule has 1 saturated heterocycles. The first-order chi connectivity index (χ1) is 19.5. The number of urea groups is 1. The number of hydrogen-bond donors (Lipinski definition) is 1. The Balaban J connectivity index is 1.63. The minimum Gasteiger partial charge on any atom is -0.463 e. The third-order valence-corrected chi connectivity index (χ3v) is 6.92. The second-order valence-electron chi connectivity index (χ2n) is 9.56. The molecule has 2 aliphatic rings. The average molecular weight is 575 g/mol. The van der Waals surface area contributed by atoms with Gasteiger partial charge in [0.25, 0.3) is 5.91 Å². The third-order valence-electron chi connectivity index (χ3n) is 6.92. The van der Waals surface area contributed by atoms with E-state index in [0.717, 1.165) is 12.1 Å². The van der Waals surface area contributed by atoms with Crippen molar-refractivity contribution in [2.45, 2.75) is 19.1 Å². The van der Waals surface area contributed by atoms with E-state index in [0.29, 0.717) is 31.9 Å². The molecule has 1 N–H and O–H groups in total. The van der Waals surface area contributed by atoms with Gasteiger partial charge in [-0.3, -0.25) is 14.6 Å². The maximum absolute atomic E-state index is 13.6. The molecule has 0 aliphatic carbocycles. The van der Waals surface area contributed by atoms with Crippen molar-refractivity contribution in [1.29, 1.82) is 0 Å². The second kappa shape index (κ2) is 12.5. The van der Waals surface area contributed by atoms with Crippen molar-refractivity contribution in [3.63, 3.8) is 0 Å². The summed E-state index contributed by atoms with van der Waals surface area (Å²) in [5.41, 5.74) is 0.111. The first-order valence-corrected chi connectivity index (χ1v) is 13.1. The highest BCUT2D eigenvalue weighted by Gasteiger charge is 2.39. The number of carbonyl (C=O) groups is 3. The Bertz CT molecular complexity index is 1340. The van der Waals surface area contributed by atoms with E-state index < -0.39 is 35.6 Å². The molecule has 41 heavy (non-hydrogen) atoms. The highest BCUT2D eigenvalue weighted by Crippen LogP contribution is 2.35. The lowest BCUT2D eigenvalue weighted by Crippen LogP contribution is -2.53. The second-order valence-corrected chi connectivity index (χ2v) is 9.56. The Morgan fingerprint density at radius 2 is 1.78 bits per heavy atom. The van der Waals surface area contributed by atoms with Gasteiger partial charge in [-0.25, -0.2) is 14.0 Å². The van der Waals surface area contributed by atoms with E-state index >= 15 is 0 Å². The lowest BCUT2D eigenvalue weighted by molar-refractivity contribution is -0.139. The fourth-order valence-electron chi connectivity index (χ4n) is 4.88. The molecule has 0 spiro atoms. The number of carbonyl (C=O) groups excluding carboxylic acids is 3. The predicted molar refractivity (Wildman–Crippen MR) is 142 cm³/mol. The van der Waals surface area contributed by atoms with Crippen LogP contribution >= 0.6 is 0 Å². The Labute approximate surface area is 234 Å². The van der Waals surface area contributed by atoms with Gasteiger partial charge in [-0.1, -0.05) is 24.3 Å². The molecule has 218 valence electrons. The Hall–Kier alpha value is -4.19. The van der Waals surface area contributed by atoms with E-state index in [2.05, 4.69) is 11.9 Å². The Kier molecular flexibility index (Phi) is 9.11. The summed E-state index contributed by atoms with van der Waals surface area (Å²) in [7, 11) is 0. The topological polar surface area (TPSA) is 82.2 Å². The summed E-state index contributed by atoms with van der Waals surface area (Å²) in [5, 5.41) is 2.72. The molecule has 2 aromatic carbocycles. The van der Waals surface area contributed by atoms with Crippen LogP contribution in [0.15, 0.2) is 72.5 Å². The molecule has 0 radical (unpaired) electrons. The summed E-state index contributed by atoms with van der Waals surface area (Å²) in [6, 6.07) is 8.12. The van der Waals surface area contributed by atoms with Crippen LogP contribution < -0.4 is 5.32 Å². The highest BCUT2D eigenvalue weighted by molar-refractivity contribution is 5.95. The van der Waals surface area contributed by atoms with E-state index in [1.165, 1.54) is 41.3 Å². The van der Waals surface area contributed by atoms with Crippen LogP contribution in [0.5, 0.6) is 0 Å². The Morgan fingerprint density at radius 1 is 1.10 bits per heavy atom.